The summed E-state index contributed by atoms with van der Waals surface area (Å²) in [7, 11) is -9.77. The summed E-state index contributed by atoms with van der Waals surface area (Å²) < 4.78 is 35.0. The Balaban J connectivity index is 2.56. The molecule has 0 radical (unpaired) electrons. The van der Waals surface area contributed by atoms with E-state index in [1.54, 1.807) is 0 Å². The van der Waals surface area contributed by atoms with Crippen molar-refractivity contribution < 1.29 is 37.0 Å². The number of hydrogen-bond acceptors (Lipinski definition) is 8. The molecule has 0 aromatic heterocycles. The van der Waals surface area contributed by atoms with E-state index in [0.717, 1.165) is 0 Å². The van der Waals surface area contributed by atoms with Crippen LogP contribution in [-0.4, -0.2) is 28.0 Å². The van der Waals surface area contributed by atoms with Crippen LogP contribution in [0.25, 0.3) is 0 Å². The van der Waals surface area contributed by atoms with Crippen LogP contribution in [0.15, 0.2) is 58.3 Å². The van der Waals surface area contributed by atoms with Gasteiger partial charge in [-0.3, -0.25) is 0 Å². The molecule has 0 aliphatic heterocycles. The Labute approximate surface area is 134 Å². The van der Waals surface area contributed by atoms with Gasteiger partial charge in [-0.25, -0.2) is 8.42 Å². The lowest BCUT2D eigenvalue weighted by molar-refractivity contribution is 0.371. The van der Waals surface area contributed by atoms with Gasteiger partial charge in [-0.05, 0) is 24.3 Å². The van der Waals surface area contributed by atoms with Crippen molar-refractivity contribution >= 4 is 27.0 Å². The molecule has 0 bridgehead atoms. The van der Waals surface area contributed by atoms with Crippen molar-refractivity contribution in [2.24, 2.45) is 0 Å². The molecular formula is C12H12O8P2S. The van der Waals surface area contributed by atoms with Crippen LogP contribution in [0.4, 0.5) is 0 Å². The average Bonchev–Trinajstić information content (AvgIpc) is 2.46. The third-order valence-electron chi connectivity index (χ3n) is 2.64. The summed E-state index contributed by atoms with van der Waals surface area (Å²) in [5.41, 5.74) is 0. The van der Waals surface area contributed by atoms with E-state index in [4.69, 9.17) is 28.6 Å². The predicted molar refractivity (Wildman–Crippen MR) is 82.3 cm³/mol. The molecule has 0 fully saturated rings. The molecule has 11 heteroatoms. The summed E-state index contributed by atoms with van der Waals surface area (Å²) in [6, 6.07) is 10.8. The first kappa shape index (κ1) is 18.0. The fourth-order valence-electron chi connectivity index (χ4n) is 1.79. The van der Waals surface area contributed by atoms with Crippen LogP contribution in [0.5, 0.6) is 11.5 Å². The number of rotatable bonds is 6. The second kappa shape index (κ2) is 7.51. The van der Waals surface area contributed by atoms with Gasteiger partial charge in [0.15, 0.2) is 0 Å². The van der Waals surface area contributed by atoms with Crippen molar-refractivity contribution in [3.8, 4) is 11.5 Å². The summed E-state index contributed by atoms with van der Waals surface area (Å²) in [5.74, 6) is -0.484. The highest BCUT2D eigenvalue weighted by Gasteiger charge is 2.27. The molecule has 4 N–H and O–H groups in total. The molecule has 0 aliphatic rings. The van der Waals surface area contributed by atoms with Crippen LogP contribution < -0.4 is 9.05 Å². The number of para-hydroxylation sites is 2. The molecule has 0 amide bonds. The Morgan fingerprint density at radius 3 is 1.39 bits per heavy atom. The fraction of sp³-hybridized carbons (Fsp3) is 0. The minimum atomic E-state index is -4.17. The molecule has 2 aromatic rings. The van der Waals surface area contributed by atoms with Crippen LogP contribution in [0.1, 0.15) is 0 Å². The van der Waals surface area contributed by atoms with Gasteiger partial charge in [0.05, 0.1) is 0 Å². The van der Waals surface area contributed by atoms with Crippen molar-refractivity contribution in [2.45, 2.75) is 9.79 Å². The van der Waals surface area contributed by atoms with Gasteiger partial charge >= 0.3 is 17.2 Å². The molecule has 23 heavy (non-hydrogen) atoms. The number of benzene rings is 2. The Kier molecular flexibility index (Phi) is 5.89. The molecule has 8 nitrogen and oxygen atoms in total. The Morgan fingerprint density at radius 1 is 0.696 bits per heavy atom. The second-order valence-corrected chi connectivity index (χ2v) is 7.35. The molecule has 0 spiro atoms. The van der Waals surface area contributed by atoms with E-state index in [2.05, 4.69) is 0 Å². The van der Waals surface area contributed by atoms with Crippen LogP contribution >= 0.6 is 17.2 Å². The Morgan fingerprint density at radius 2 is 1.04 bits per heavy atom. The maximum atomic E-state index is 12.8. The maximum Gasteiger partial charge on any atom is 0.391 e. The molecule has 0 heterocycles. The van der Waals surface area contributed by atoms with Gasteiger partial charge in [-0.15, -0.1) is 0 Å². The van der Waals surface area contributed by atoms with Crippen molar-refractivity contribution in [1.82, 2.24) is 0 Å². The Bertz CT molecular complexity index is 719. The van der Waals surface area contributed by atoms with Gasteiger partial charge in [0, 0.05) is 0 Å². The Hall–Kier alpha value is -1.31. The van der Waals surface area contributed by atoms with E-state index in [-0.39, 0.29) is 21.3 Å². The third-order valence-corrected chi connectivity index (χ3v) is 5.19. The number of sulfone groups is 1. The standard InChI is InChI=1S/C12H12O8P2S/c13-21(14)19-9-5-1-3-7-11(9)23(17,18)12-8-4-2-6-10(12)20-22(15)16/h1-8,13-16H. The molecular weight excluding hydrogens is 366 g/mol. The minimum absolute atomic E-state index is 0.242. The van der Waals surface area contributed by atoms with Gasteiger partial charge in [0.25, 0.3) is 0 Å². The quantitative estimate of drug-likeness (QED) is 0.558. The fourth-order valence-corrected chi connectivity index (χ4v) is 4.08. The molecule has 0 aliphatic carbocycles. The lowest BCUT2D eigenvalue weighted by Gasteiger charge is -2.14. The van der Waals surface area contributed by atoms with Gasteiger partial charge in [0.1, 0.15) is 21.3 Å². The molecule has 2 aromatic carbocycles. The highest BCUT2D eigenvalue weighted by Crippen LogP contribution is 2.40. The first-order valence-electron chi connectivity index (χ1n) is 5.97. The molecule has 0 saturated heterocycles. The van der Waals surface area contributed by atoms with E-state index in [1.165, 1.54) is 48.5 Å². The van der Waals surface area contributed by atoms with Crippen molar-refractivity contribution in [3.63, 3.8) is 0 Å². The lowest BCUT2D eigenvalue weighted by Crippen LogP contribution is -2.06. The molecule has 0 unspecified atom stereocenters. The topological polar surface area (TPSA) is 134 Å². The maximum absolute atomic E-state index is 12.8. The third kappa shape index (κ3) is 4.37. The van der Waals surface area contributed by atoms with E-state index in [9.17, 15) is 8.42 Å². The summed E-state index contributed by atoms with van der Waals surface area (Å²) >= 11 is 0. The van der Waals surface area contributed by atoms with Crippen LogP contribution in [0.3, 0.4) is 0 Å². The van der Waals surface area contributed by atoms with Gasteiger partial charge in [-0.1, -0.05) is 24.3 Å². The van der Waals surface area contributed by atoms with Crippen molar-refractivity contribution in [2.75, 3.05) is 0 Å². The van der Waals surface area contributed by atoms with Crippen LogP contribution in [0, 0.1) is 0 Å². The molecule has 2 rings (SSSR count). The zero-order valence-electron chi connectivity index (χ0n) is 11.3. The van der Waals surface area contributed by atoms with Gasteiger partial charge < -0.3 is 28.6 Å². The number of hydrogen-bond donors (Lipinski definition) is 4. The molecule has 0 atom stereocenters. The highest BCUT2D eigenvalue weighted by atomic mass is 32.2. The largest absolute Gasteiger partial charge is 0.426 e. The monoisotopic (exact) mass is 378 g/mol. The van der Waals surface area contributed by atoms with E-state index in [1.807, 2.05) is 0 Å². The first-order valence-corrected chi connectivity index (χ1v) is 9.78. The van der Waals surface area contributed by atoms with Gasteiger partial charge in [-0.2, -0.15) is 0 Å². The predicted octanol–water partition coefficient (Wildman–Crippen LogP) is 1.70. The summed E-state index contributed by atoms with van der Waals surface area (Å²) in [4.78, 5) is 35.2. The zero-order chi connectivity index (χ0) is 17.0. The smallest absolute Gasteiger partial charge is 0.391 e. The normalized spacial score (nSPS) is 11.7. The molecule has 124 valence electrons. The minimum Gasteiger partial charge on any atom is -0.426 e. The highest BCUT2D eigenvalue weighted by molar-refractivity contribution is 7.91. The summed E-state index contributed by atoms with van der Waals surface area (Å²) in [5, 5.41) is 0. The van der Waals surface area contributed by atoms with E-state index < -0.39 is 27.0 Å². The first-order chi connectivity index (χ1) is 10.8. The summed E-state index contributed by atoms with van der Waals surface area (Å²) in [6.45, 7) is 0. The SMILES string of the molecule is O=S(=O)(c1ccccc1OP(O)O)c1ccccc1OP(O)O. The van der Waals surface area contributed by atoms with E-state index >= 15 is 0 Å². The lowest BCUT2D eigenvalue weighted by atomic mass is 10.3. The average molecular weight is 378 g/mol. The van der Waals surface area contributed by atoms with Crippen LogP contribution in [-0.2, 0) is 9.84 Å². The second-order valence-electron chi connectivity index (χ2n) is 4.08. The van der Waals surface area contributed by atoms with E-state index in [0.29, 0.717) is 0 Å². The van der Waals surface area contributed by atoms with Gasteiger partial charge in [0.2, 0.25) is 9.84 Å². The zero-order valence-corrected chi connectivity index (χ0v) is 13.9. The molecule has 0 saturated carbocycles. The van der Waals surface area contributed by atoms with Crippen molar-refractivity contribution in [3.05, 3.63) is 48.5 Å². The summed E-state index contributed by atoms with van der Waals surface area (Å²) in [6.07, 6.45) is 0. The van der Waals surface area contributed by atoms with Crippen molar-refractivity contribution in [1.29, 1.82) is 0 Å². The van der Waals surface area contributed by atoms with Crippen LogP contribution in [0.2, 0.25) is 0 Å².